The maximum Gasteiger partial charge on any atom is 0.319 e. The Hall–Kier alpha value is -0.400. The highest BCUT2D eigenvalue weighted by Gasteiger charge is 2.40. The molecule has 0 radical (unpaired) electrons. The molecule has 1 aliphatic carbocycles. The highest BCUT2D eigenvalue weighted by atomic mass is 19.3. The van der Waals surface area contributed by atoms with E-state index in [1.165, 1.54) is 6.42 Å². The maximum atomic E-state index is 12.6. The Balaban J connectivity index is 2.15. The van der Waals surface area contributed by atoms with Gasteiger partial charge in [0.25, 0.3) is 0 Å². The van der Waals surface area contributed by atoms with E-state index in [-0.39, 0.29) is 19.3 Å². The minimum Gasteiger partial charge on any atom is -0.389 e. The van der Waals surface area contributed by atoms with Gasteiger partial charge in [-0.3, -0.25) is 0 Å². The van der Waals surface area contributed by atoms with Crippen molar-refractivity contribution in [2.24, 2.45) is 5.92 Å². The highest BCUT2D eigenvalue weighted by Crippen LogP contribution is 2.26. The van der Waals surface area contributed by atoms with Crippen LogP contribution in [0.5, 0.6) is 0 Å². The summed E-state index contributed by atoms with van der Waals surface area (Å²) in [6.07, 6.45) is -0.313. The van der Waals surface area contributed by atoms with Gasteiger partial charge in [-0.1, -0.05) is 19.8 Å². The van der Waals surface area contributed by atoms with E-state index in [1.807, 2.05) is 0 Å². The summed E-state index contributed by atoms with van der Waals surface area (Å²) >= 11 is 0. The normalized spacial score (nSPS) is 25.9. The monoisotopic (exact) mass is 301 g/mol. The van der Waals surface area contributed by atoms with Crippen molar-refractivity contribution < 1.29 is 27.4 Å². The molecule has 1 aliphatic rings. The molecular formula is C13H23F4NO2. The average molecular weight is 301 g/mol. The van der Waals surface area contributed by atoms with Gasteiger partial charge < -0.3 is 15.2 Å². The van der Waals surface area contributed by atoms with Gasteiger partial charge in [0.15, 0.2) is 0 Å². The smallest absolute Gasteiger partial charge is 0.319 e. The third-order valence-electron chi connectivity index (χ3n) is 3.60. The molecule has 3 unspecified atom stereocenters. The first kappa shape index (κ1) is 17.7. The van der Waals surface area contributed by atoms with Crippen LogP contribution in [0.2, 0.25) is 0 Å². The quantitative estimate of drug-likeness (QED) is 0.677. The summed E-state index contributed by atoms with van der Waals surface area (Å²) in [7, 11) is 0. The second kappa shape index (κ2) is 8.14. The summed E-state index contributed by atoms with van der Waals surface area (Å²) in [5.41, 5.74) is 0. The molecule has 0 heterocycles. The third-order valence-corrected chi connectivity index (χ3v) is 3.60. The van der Waals surface area contributed by atoms with Crippen molar-refractivity contribution >= 4 is 0 Å². The molecule has 1 rings (SSSR count). The largest absolute Gasteiger partial charge is 0.389 e. The molecular weight excluding hydrogens is 278 g/mol. The van der Waals surface area contributed by atoms with Crippen LogP contribution in [0.3, 0.4) is 0 Å². The molecule has 1 saturated carbocycles. The lowest BCUT2D eigenvalue weighted by molar-refractivity contribution is -0.126. The summed E-state index contributed by atoms with van der Waals surface area (Å²) in [6.45, 7) is 0.769. The number of ether oxygens (including phenoxy) is 1. The van der Waals surface area contributed by atoms with Crippen LogP contribution in [0.15, 0.2) is 0 Å². The van der Waals surface area contributed by atoms with Crippen molar-refractivity contribution in [1.29, 1.82) is 0 Å². The molecule has 7 heteroatoms. The lowest BCUT2D eigenvalue weighted by Gasteiger charge is -2.29. The van der Waals surface area contributed by atoms with Gasteiger partial charge >= 0.3 is 12.3 Å². The topological polar surface area (TPSA) is 41.5 Å². The number of hydrogen-bond donors (Lipinski definition) is 2. The number of rotatable bonds is 8. The lowest BCUT2D eigenvalue weighted by Crippen LogP contribution is -2.42. The van der Waals surface area contributed by atoms with Crippen molar-refractivity contribution in [3.05, 3.63) is 0 Å². The fraction of sp³-hybridized carbons (Fsp3) is 1.00. The van der Waals surface area contributed by atoms with E-state index in [9.17, 15) is 22.7 Å². The Bertz CT molecular complexity index is 279. The molecule has 0 aromatic heterocycles. The molecule has 0 spiro atoms. The predicted molar refractivity (Wildman–Crippen MR) is 67.2 cm³/mol. The number of nitrogens with one attached hydrogen (secondary N) is 1. The first-order valence-corrected chi connectivity index (χ1v) is 6.99. The van der Waals surface area contributed by atoms with Crippen LogP contribution in [0.25, 0.3) is 0 Å². The van der Waals surface area contributed by atoms with Gasteiger partial charge in [-0.15, -0.1) is 0 Å². The molecule has 2 N–H and O–H groups in total. The molecule has 0 saturated heterocycles. The maximum absolute atomic E-state index is 12.6. The van der Waals surface area contributed by atoms with Crippen molar-refractivity contribution in [2.75, 3.05) is 19.7 Å². The highest BCUT2D eigenvalue weighted by molar-refractivity contribution is 4.75. The Morgan fingerprint density at radius 2 is 1.95 bits per heavy atom. The van der Waals surface area contributed by atoms with Gasteiger partial charge in [-0.05, 0) is 18.8 Å². The third kappa shape index (κ3) is 5.93. The van der Waals surface area contributed by atoms with E-state index in [0.29, 0.717) is 5.92 Å². The fourth-order valence-electron chi connectivity index (χ4n) is 2.31. The lowest BCUT2D eigenvalue weighted by atomic mass is 9.88. The van der Waals surface area contributed by atoms with Gasteiger partial charge in [0, 0.05) is 6.54 Å². The molecule has 0 aliphatic heterocycles. The zero-order valence-corrected chi connectivity index (χ0v) is 11.6. The summed E-state index contributed by atoms with van der Waals surface area (Å²) in [6, 6.07) is 0. The summed E-state index contributed by atoms with van der Waals surface area (Å²) in [4.78, 5) is 0. The molecule has 20 heavy (non-hydrogen) atoms. The fourth-order valence-corrected chi connectivity index (χ4v) is 2.31. The van der Waals surface area contributed by atoms with Crippen LogP contribution in [0.1, 0.15) is 32.6 Å². The van der Waals surface area contributed by atoms with Crippen molar-refractivity contribution in [2.45, 2.75) is 57.2 Å². The summed E-state index contributed by atoms with van der Waals surface area (Å²) in [5, 5.41) is 11.7. The average Bonchev–Trinajstić information content (AvgIpc) is 2.37. The Kier molecular flexibility index (Phi) is 7.19. The van der Waals surface area contributed by atoms with E-state index in [1.54, 1.807) is 0 Å². The molecule has 0 aromatic rings. The second-order valence-electron chi connectivity index (χ2n) is 5.48. The van der Waals surface area contributed by atoms with Crippen LogP contribution in [-0.2, 0) is 4.74 Å². The molecule has 3 nitrogen and oxygen atoms in total. The van der Waals surface area contributed by atoms with Crippen molar-refractivity contribution in [3.8, 4) is 0 Å². The van der Waals surface area contributed by atoms with E-state index in [2.05, 4.69) is 12.2 Å². The van der Waals surface area contributed by atoms with Crippen molar-refractivity contribution in [3.63, 3.8) is 0 Å². The molecule has 3 atom stereocenters. The van der Waals surface area contributed by atoms with Gasteiger partial charge in [0.05, 0.1) is 25.4 Å². The standard InChI is InChI=1S/C13H23F4NO2/c1-9-4-2-3-5-11(9)20-7-10(19)6-18-8-13(16,17)12(14)15/h9-12,18-19H,2-8H2,1H3. The number of aliphatic hydroxyl groups is 1. The van der Waals surface area contributed by atoms with Crippen LogP contribution in [-0.4, -0.2) is 49.4 Å². The molecule has 120 valence electrons. The number of hydrogen-bond acceptors (Lipinski definition) is 3. The Morgan fingerprint density at radius 1 is 1.30 bits per heavy atom. The Morgan fingerprint density at radius 3 is 2.55 bits per heavy atom. The van der Waals surface area contributed by atoms with Crippen LogP contribution < -0.4 is 5.32 Å². The molecule has 0 amide bonds. The zero-order chi connectivity index (χ0) is 15.2. The van der Waals surface area contributed by atoms with E-state index in [4.69, 9.17) is 4.74 Å². The van der Waals surface area contributed by atoms with Gasteiger partial charge in [0.2, 0.25) is 0 Å². The van der Waals surface area contributed by atoms with Gasteiger partial charge in [-0.25, -0.2) is 8.78 Å². The van der Waals surface area contributed by atoms with Gasteiger partial charge in [0.1, 0.15) is 0 Å². The van der Waals surface area contributed by atoms with E-state index >= 15 is 0 Å². The second-order valence-corrected chi connectivity index (χ2v) is 5.48. The first-order valence-electron chi connectivity index (χ1n) is 6.99. The minimum absolute atomic E-state index is 0.0300. The number of halogens is 4. The first-order chi connectivity index (χ1) is 9.33. The molecule has 0 bridgehead atoms. The predicted octanol–water partition coefficient (Wildman–Crippen LogP) is 2.43. The van der Waals surface area contributed by atoms with E-state index < -0.39 is 25.0 Å². The summed E-state index contributed by atoms with van der Waals surface area (Å²) < 4.78 is 54.5. The molecule has 0 aromatic carbocycles. The Labute approximate surface area is 116 Å². The molecule has 1 fully saturated rings. The SMILES string of the molecule is CC1CCCCC1OCC(O)CNCC(F)(F)C(F)F. The van der Waals surface area contributed by atoms with Crippen LogP contribution >= 0.6 is 0 Å². The van der Waals surface area contributed by atoms with Crippen molar-refractivity contribution in [1.82, 2.24) is 5.32 Å². The zero-order valence-electron chi connectivity index (χ0n) is 11.6. The summed E-state index contributed by atoms with van der Waals surface area (Å²) in [5.74, 6) is -3.65. The number of aliphatic hydroxyl groups excluding tert-OH is 1. The van der Waals surface area contributed by atoms with Crippen LogP contribution in [0, 0.1) is 5.92 Å². The van der Waals surface area contributed by atoms with E-state index in [0.717, 1.165) is 19.3 Å². The minimum atomic E-state index is -4.07. The number of alkyl halides is 4. The van der Waals surface area contributed by atoms with Gasteiger partial charge in [-0.2, -0.15) is 8.78 Å². The van der Waals surface area contributed by atoms with Crippen LogP contribution in [0.4, 0.5) is 17.6 Å².